The first-order chi connectivity index (χ1) is 8.90. The topological polar surface area (TPSA) is 36.5 Å². The van der Waals surface area contributed by atoms with Gasteiger partial charge in [0.05, 0.1) is 11.4 Å². The van der Waals surface area contributed by atoms with Crippen molar-refractivity contribution in [1.82, 2.24) is 5.32 Å². The average molecular weight is 247 g/mol. The van der Waals surface area contributed by atoms with Crippen molar-refractivity contribution >= 4 is 11.4 Å². The Hall–Kier alpha value is -1.26. The number of rotatable bonds is 3. The van der Waals surface area contributed by atoms with E-state index in [1.165, 1.54) is 24.2 Å². The van der Waals surface area contributed by atoms with E-state index in [0.29, 0.717) is 6.04 Å². The first-order valence-corrected chi connectivity index (χ1v) is 6.86. The van der Waals surface area contributed by atoms with Crippen LogP contribution in [0.3, 0.4) is 0 Å². The monoisotopic (exact) mass is 247 g/mol. The van der Waals surface area contributed by atoms with Gasteiger partial charge in [-0.25, -0.2) is 0 Å². The lowest BCUT2D eigenvalue weighted by molar-refractivity contribution is 0.0755. The molecule has 1 atom stereocenters. The van der Waals surface area contributed by atoms with Crippen molar-refractivity contribution in [1.29, 1.82) is 0 Å². The molecule has 3 rings (SSSR count). The molecule has 4 heteroatoms. The summed E-state index contributed by atoms with van der Waals surface area (Å²) in [5.74, 6) is 0. The number of nitrogens with one attached hydrogen (secondary N) is 2. The fraction of sp³-hybridized carbons (Fsp3) is 0.571. The zero-order valence-electron chi connectivity index (χ0n) is 10.9. The third kappa shape index (κ3) is 2.06. The van der Waals surface area contributed by atoms with Gasteiger partial charge in [-0.05, 0) is 45.0 Å². The van der Waals surface area contributed by atoms with Crippen LogP contribution in [0.25, 0.3) is 0 Å². The molecule has 0 spiro atoms. The van der Waals surface area contributed by atoms with Crippen LogP contribution < -0.4 is 15.5 Å². The summed E-state index contributed by atoms with van der Waals surface area (Å²) in [6.07, 6.45) is 2.36. The highest BCUT2D eigenvalue weighted by atomic mass is 16.5. The van der Waals surface area contributed by atoms with E-state index in [2.05, 4.69) is 39.8 Å². The predicted molar refractivity (Wildman–Crippen MR) is 73.8 cm³/mol. The van der Waals surface area contributed by atoms with Crippen LogP contribution in [0.4, 0.5) is 11.4 Å². The second-order valence-corrected chi connectivity index (χ2v) is 4.86. The van der Waals surface area contributed by atoms with Gasteiger partial charge in [-0.1, -0.05) is 12.1 Å². The van der Waals surface area contributed by atoms with E-state index < -0.39 is 0 Å². The minimum absolute atomic E-state index is 0.00417. The van der Waals surface area contributed by atoms with Gasteiger partial charge in [0, 0.05) is 12.6 Å². The number of hydrogen-bond donors (Lipinski definition) is 2. The Kier molecular flexibility index (Phi) is 3.39. The van der Waals surface area contributed by atoms with Crippen LogP contribution >= 0.6 is 0 Å². The molecule has 1 aromatic carbocycles. The molecule has 0 saturated carbocycles. The minimum atomic E-state index is -0.00417. The molecule has 2 N–H and O–H groups in total. The quantitative estimate of drug-likeness (QED) is 0.856. The van der Waals surface area contributed by atoms with Crippen LogP contribution in [0.2, 0.25) is 0 Å². The van der Waals surface area contributed by atoms with Crippen LogP contribution in [-0.4, -0.2) is 32.1 Å². The van der Waals surface area contributed by atoms with Crippen molar-refractivity contribution in [2.75, 3.05) is 29.9 Å². The predicted octanol–water partition coefficient (Wildman–Crippen LogP) is 1.99. The van der Waals surface area contributed by atoms with Crippen molar-refractivity contribution < 1.29 is 4.74 Å². The number of para-hydroxylation sites is 2. The molecule has 1 unspecified atom stereocenters. The van der Waals surface area contributed by atoms with Gasteiger partial charge in [-0.15, -0.1) is 0 Å². The SMILES string of the molecule is CCOC1Nc2ccccc2N1C1CCNCC1. The Morgan fingerprint density at radius 2 is 2.06 bits per heavy atom. The van der Waals surface area contributed by atoms with Gasteiger partial charge >= 0.3 is 0 Å². The lowest BCUT2D eigenvalue weighted by atomic mass is 10.0. The van der Waals surface area contributed by atoms with Crippen LogP contribution in [0, 0.1) is 0 Å². The highest BCUT2D eigenvalue weighted by Gasteiger charge is 2.34. The fourth-order valence-corrected chi connectivity index (χ4v) is 2.90. The second kappa shape index (κ2) is 5.16. The molecule has 0 aromatic heterocycles. The number of benzene rings is 1. The number of hydrogen-bond acceptors (Lipinski definition) is 4. The summed E-state index contributed by atoms with van der Waals surface area (Å²) < 4.78 is 5.85. The Balaban J connectivity index is 1.86. The van der Waals surface area contributed by atoms with Crippen molar-refractivity contribution in [2.45, 2.75) is 32.2 Å². The Morgan fingerprint density at radius 3 is 2.83 bits per heavy atom. The Morgan fingerprint density at radius 1 is 1.28 bits per heavy atom. The lowest BCUT2D eigenvalue weighted by Gasteiger charge is -2.36. The minimum Gasteiger partial charge on any atom is -0.341 e. The van der Waals surface area contributed by atoms with Crippen LogP contribution in [-0.2, 0) is 4.74 Å². The maximum Gasteiger partial charge on any atom is 0.208 e. The van der Waals surface area contributed by atoms with Crippen molar-refractivity contribution in [3.05, 3.63) is 24.3 Å². The van der Waals surface area contributed by atoms with Crippen molar-refractivity contribution in [3.63, 3.8) is 0 Å². The van der Waals surface area contributed by atoms with E-state index in [9.17, 15) is 0 Å². The van der Waals surface area contributed by atoms with Gasteiger partial charge in [0.25, 0.3) is 0 Å². The summed E-state index contributed by atoms with van der Waals surface area (Å²) in [7, 11) is 0. The summed E-state index contributed by atoms with van der Waals surface area (Å²) in [4.78, 5) is 2.42. The summed E-state index contributed by atoms with van der Waals surface area (Å²) in [6.45, 7) is 4.97. The fourth-order valence-electron chi connectivity index (χ4n) is 2.90. The van der Waals surface area contributed by atoms with Gasteiger partial charge in [0.15, 0.2) is 0 Å². The highest BCUT2D eigenvalue weighted by molar-refractivity contribution is 5.75. The molecule has 2 aliphatic rings. The summed E-state index contributed by atoms with van der Waals surface area (Å²) in [5, 5.41) is 6.89. The molecule has 18 heavy (non-hydrogen) atoms. The van der Waals surface area contributed by atoms with E-state index >= 15 is 0 Å². The van der Waals surface area contributed by atoms with E-state index in [1.54, 1.807) is 0 Å². The van der Waals surface area contributed by atoms with E-state index in [1.807, 2.05) is 6.92 Å². The van der Waals surface area contributed by atoms with Crippen LogP contribution in [0.5, 0.6) is 0 Å². The molecule has 0 aliphatic carbocycles. The lowest BCUT2D eigenvalue weighted by Crippen LogP contribution is -2.49. The second-order valence-electron chi connectivity index (χ2n) is 4.86. The third-order valence-corrected chi connectivity index (χ3v) is 3.74. The number of fused-ring (bicyclic) bond motifs is 1. The van der Waals surface area contributed by atoms with Crippen molar-refractivity contribution in [3.8, 4) is 0 Å². The molecule has 1 aromatic rings. The van der Waals surface area contributed by atoms with Gasteiger partial charge in [-0.2, -0.15) is 0 Å². The summed E-state index contributed by atoms with van der Waals surface area (Å²) >= 11 is 0. The molecule has 0 bridgehead atoms. The van der Waals surface area contributed by atoms with Gasteiger partial charge < -0.3 is 20.3 Å². The number of nitrogens with zero attached hydrogens (tertiary/aromatic N) is 1. The van der Waals surface area contributed by atoms with Gasteiger partial charge in [0.2, 0.25) is 6.35 Å². The normalized spacial score (nSPS) is 23.8. The number of piperidine rings is 1. The Labute approximate surface area is 108 Å². The standard InChI is InChI=1S/C14H21N3O/c1-2-18-14-16-12-5-3-4-6-13(12)17(14)11-7-9-15-10-8-11/h3-6,11,14-16H,2,7-10H2,1H3. The third-order valence-electron chi connectivity index (χ3n) is 3.74. The van der Waals surface area contributed by atoms with Crippen molar-refractivity contribution in [2.24, 2.45) is 0 Å². The van der Waals surface area contributed by atoms with E-state index in [-0.39, 0.29) is 6.35 Å². The number of anilines is 2. The van der Waals surface area contributed by atoms with E-state index in [4.69, 9.17) is 4.74 Å². The zero-order valence-corrected chi connectivity index (χ0v) is 10.9. The first kappa shape index (κ1) is 11.8. The van der Waals surface area contributed by atoms with Crippen LogP contribution in [0.15, 0.2) is 24.3 Å². The highest BCUT2D eigenvalue weighted by Crippen LogP contribution is 2.37. The molecule has 1 fully saturated rings. The average Bonchev–Trinajstić information content (AvgIpc) is 2.78. The molecule has 4 nitrogen and oxygen atoms in total. The van der Waals surface area contributed by atoms with Gasteiger partial charge in [-0.3, -0.25) is 0 Å². The molecule has 1 saturated heterocycles. The van der Waals surface area contributed by atoms with Crippen LogP contribution in [0.1, 0.15) is 19.8 Å². The summed E-state index contributed by atoms with van der Waals surface area (Å²) in [5.41, 5.74) is 2.47. The molecule has 0 radical (unpaired) electrons. The first-order valence-electron chi connectivity index (χ1n) is 6.86. The summed E-state index contributed by atoms with van der Waals surface area (Å²) in [6, 6.07) is 9.05. The molecule has 2 aliphatic heterocycles. The Bertz CT molecular complexity index is 399. The maximum absolute atomic E-state index is 5.85. The smallest absolute Gasteiger partial charge is 0.208 e. The number of ether oxygens (including phenoxy) is 1. The largest absolute Gasteiger partial charge is 0.341 e. The van der Waals surface area contributed by atoms with Gasteiger partial charge in [0.1, 0.15) is 0 Å². The molecule has 0 amide bonds. The molecule has 2 heterocycles. The molecular formula is C14H21N3O. The maximum atomic E-state index is 5.85. The molecule has 98 valence electrons. The van der Waals surface area contributed by atoms with E-state index in [0.717, 1.165) is 19.7 Å². The molecular weight excluding hydrogens is 226 g/mol. The zero-order chi connectivity index (χ0) is 12.4.